The minimum absolute atomic E-state index is 0.00708. The number of nitrogen functional groups attached to an aromatic ring is 1. The summed E-state index contributed by atoms with van der Waals surface area (Å²) in [7, 11) is 0. The van der Waals surface area contributed by atoms with Gasteiger partial charge in [-0.25, -0.2) is 0 Å². The van der Waals surface area contributed by atoms with E-state index < -0.39 is 0 Å². The van der Waals surface area contributed by atoms with Gasteiger partial charge in [0.2, 0.25) is 0 Å². The van der Waals surface area contributed by atoms with Crippen molar-refractivity contribution in [2.75, 3.05) is 5.73 Å². The average Bonchev–Trinajstić information content (AvgIpc) is 2.91. The molecule has 1 amide bonds. The van der Waals surface area contributed by atoms with E-state index in [1.54, 1.807) is 6.33 Å². The second kappa shape index (κ2) is 5.82. The van der Waals surface area contributed by atoms with Gasteiger partial charge in [-0.2, -0.15) is 0 Å². The van der Waals surface area contributed by atoms with Gasteiger partial charge in [0, 0.05) is 11.7 Å². The molecular weight excluding hydrogens is 270 g/mol. The number of benzene rings is 1. The molecule has 7 nitrogen and oxygen atoms in total. The quantitative estimate of drug-likeness (QED) is 0.586. The molecule has 7 heteroatoms. The molecule has 112 valence electrons. The first-order valence-electron chi connectivity index (χ1n) is 6.69. The summed E-state index contributed by atoms with van der Waals surface area (Å²) >= 11 is 0. The maximum Gasteiger partial charge on any atom is 0.254 e. The number of nitrogens with two attached hydrogens (primary N) is 1. The highest BCUT2D eigenvalue weighted by Gasteiger charge is 2.19. The van der Waals surface area contributed by atoms with Crippen molar-refractivity contribution >= 4 is 11.6 Å². The molecule has 1 atom stereocenters. The Morgan fingerprint density at radius 1 is 1.38 bits per heavy atom. The van der Waals surface area contributed by atoms with Crippen molar-refractivity contribution in [2.45, 2.75) is 32.9 Å². The van der Waals surface area contributed by atoms with Crippen molar-refractivity contribution in [3.05, 3.63) is 35.9 Å². The Kier molecular flexibility index (Phi) is 4.11. The number of aromatic nitrogens is 3. The SMILES string of the molecule is CC(NC(=O)c1cc(O)ccc1N)c1nncn1C(C)C. The van der Waals surface area contributed by atoms with Gasteiger partial charge in [0.15, 0.2) is 5.82 Å². The predicted molar refractivity (Wildman–Crippen MR) is 78.8 cm³/mol. The van der Waals surface area contributed by atoms with E-state index >= 15 is 0 Å². The van der Waals surface area contributed by atoms with E-state index in [9.17, 15) is 9.90 Å². The van der Waals surface area contributed by atoms with Crippen LogP contribution in [0.4, 0.5) is 5.69 Å². The smallest absolute Gasteiger partial charge is 0.254 e. The highest BCUT2D eigenvalue weighted by Crippen LogP contribution is 2.20. The van der Waals surface area contributed by atoms with Gasteiger partial charge in [-0.05, 0) is 39.0 Å². The van der Waals surface area contributed by atoms with Crippen LogP contribution in [-0.2, 0) is 0 Å². The van der Waals surface area contributed by atoms with Crippen LogP contribution in [0.1, 0.15) is 49.0 Å². The van der Waals surface area contributed by atoms with Crippen molar-refractivity contribution in [1.82, 2.24) is 20.1 Å². The number of rotatable bonds is 4. The zero-order valence-electron chi connectivity index (χ0n) is 12.2. The van der Waals surface area contributed by atoms with Crippen molar-refractivity contribution in [1.29, 1.82) is 0 Å². The summed E-state index contributed by atoms with van der Waals surface area (Å²) in [4.78, 5) is 12.2. The fourth-order valence-electron chi connectivity index (χ4n) is 2.04. The molecule has 0 radical (unpaired) electrons. The minimum atomic E-state index is -0.366. The molecule has 0 fully saturated rings. The number of phenols is 1. The molecular formula is C14H19N5O2. The largest absolute Gasteiger partial charge is 0.508 e. The first kappa shape index (κ1) is 14.8. The van der Waals surface area contributed by atoms with Crippen molar-refractivity contribution in [3.63, 3.8) is 0 Å². The standard InChI is InChI=1S/C14H19N5O2/c1-8(2)19-7-16-18-13(19)9(3)17-14(21)11-6-10(20)4-5-12(11)15/h4-9,20H,15H2,1-3H3,(H,17,21). The Hall–Kier alpha value is -2.57. The van der Waals surface area contributed by atoms with Crippen LogP contribution < -0.4 is 11.1 Å². The molecule has 21 heavy (non-hydrogen) atoms. The molecule has 2 aromatic rings. The van der Waals surface area contributed by atoms with E-state index in [4.69, 9.17) is 5.73 Å². The fourth-order valence-corrected chi connectivity index (χ4v) is 2.04. The molecule has 0 saturated carbocycles. The van der Waals surface area contributed by atoms with Gasteiger partial charge in [-0.15, -0.1) is 10.2 Å². The summed E-state index contributed by atoms with van der Waals surface area (Å²) in [5.74, 6) is 0.290. The number of carbonyl (C=O) groups is 1. The third-order valence-corrected chi connectivity index (χ3v) is 3.17. The molecule has 0 aliphatic carbocycles. The number of nitrogens with zero attached hydrogens (tertiary/aromatic N) is 3. The third kappa shape index (κ3) is 3.13. The van der Waals surface area contributed by atoms with Gasteiger partial charge in [-0.3, -0.25) is 4.79 Å². The maximum absolute atomic E-state index is 12.2. The normalized spacial score (nSPS) is 12.4. The lowest BCUT2D eigenvalue weighted by atomic mass is 10.1. The Morgan fingerprint density at radius 3 is 2.76 bits per heavy atom. The van der Waals surface area contributed by atoms with Crippen LogP contribution in [0.25, 0.3) is 0 Å². The lowest BCUT2D eigenvalue weighted by Crippen LogP contribution is -2.29. The number of phenolic OH excluding ortho intramolecular Hbond substituents is 1. The first-order chi connectivity index (χ1) is 9.90. The molecule has 1 unspecified atom stereocenters. The predicted octanol–water partition coefficient (Wildman–Crippen LogP) is 1.64. The highest BCUT2D eigenvalue weighted by molar-refractivity contribution is 5.99. The Balaban J connectivity index is 2.19. The fraction of sp³-hybridized carbons (Fsp3) is 0.357. The van der Waals surface area contributed by atoms with Gasteiger partial charge in [-0.1, -0.05) is 0 Å². The van der Waals surface area contributed by atoms with Gasteiger partial charge < -0.3 is 20.7 Å². The van der Waals surface area contributed by atoms with Crippen LogP contribution in [0.2, 0.25) is 0 Å². The van der Waals surface area contributed by atoms with Crippen LogP contribution in [0, 0.1) is 0 Å². The minimum Gasteiger partial charge on any atom is -0.508 e. The molecule has 0 saturated heterocycles. The lowest BCUT2D eigenvalue weighted by Gasteiger charge is -2.17. The molecule has 1 heterocycles. The third-order valence-electron chi connectivity index (χ3n) is 3.17. The number of anilines is 1. The number of hydrogen-bond donors (Lipinski definition) is 3. The number of nitrogens with one attached hydrogen (secondary N) is 1. The molecule has 2 rings (SSSR count). The molecule has 4 N–H and O–H groups in total. The van der Waals surface area contributed by atoms with Crippen molar-refractivity contribution < 1.29 is 9.90 Å². The number of hydrogen-bond acceptors (Lipinski definition) is 5. The zero-order valence-corrected chi connectivity index (χ0v) is 12.2. The Bertz CT molecular complexity index is 651. The van der Waals surface area contributed by atoms with E-state index in [2.05, 4.69) is 15.5 Å². The van der Waals surface area contributed by atoms with Crippen LogP contribution >= 0.6 is 0 Å². The maximum atomic E-state index is 12.2. The summed E-state index contributed by atoms with van der Waals surface area (Å²) in [6, 6.07) is 4.13. The van der Waals surface area contributed by atoms with Gasteiger partial charge in [0.05, 0.1) is 11.6 Å². The van der Waals surface area contributed by atoms with E-state index in [1.165, 1.54) is 18.2 Å². The van der Waals surface area contributed by atoms with Crippen molar-refractivity contribution in [2.24, 2.45) is 0 Å². The second-order valence-corrected chi connectivity index (χ2v) is 5.16. The first-order valence-corrected chi connectivity index (χ1v) is 6.69. The van der Waals surface area contributed by atoms with Gasteiger partial charge in [0.25, 0.3) is 5.91 Å². The molecule has 0 spiro atoms. The molecule has 1 aromatic carbocycles. The van der Waals surface area contributed by atoms with E-state index in [1.807, 2.05) is 25.3 Å². The average molecular weight is 289 g/mol. The molecule has 1 aromatic heterocycles. The summed E-state index contributed by atoms with van der Waals surface area (Å²) in [5.41, 5.74) is 6.30. The summed E-state index contributed by atoms with van der Waals surface area (Å²) < 4.78 is 1.89. The van der Waals surface area contributed by atoms with Gasteiger partial charge >= 0.3 is 0 Å². The monoisotopic (exact) mass is 289 g/mol. The van der Waals surface area contributed by atoms with E-state index in [0.717, 1.165) is 0 Å². The second-order valence-electron chi connectivity index (χ2n) is 5.16. The Labute approximate surface area is 122 Å². The highest BCUT2D eigenvalue weighted by atomic mass is 16.3. The lowest BCUT2D eigenvalue weighted by molar-refractivity contribution is 0.0938. The molecule has 0 aliphatic heterocycles. The van der Waals surface area contributed by atoms with Crippen LogP contribution in [0.3, 0.4) is 0 Å². The van der Waals surface area contributed by atoms with E-state index in [-0.39, 0.29) is 29.3 Å². The van der Waals surface area contributed by atoms with Crippen LogP contribution in [-0.4, -0.2) is 25.8 Å². The number of amides is 1. The summed E-state index contributed by atoms with van der Waals surface area (Å²) in [5, 5.41) is 20.2. The zero-order chi connectivity index (χ0) is 15.6. The molecule has 0 bridgehead atoms. The van der Waals surface area contributed by atoms with E-state index in [0.29, 0.717) is 11.5 Å². The number of aromatic hydroxyl groups is 1. The van der Waals surface area contributed by atoms with Gasteiger partial charge in [0.1, 0.15) is 12.1 Å². The Morgan fingerprint density at radius 2 is 2.10 bits per heavy atom. The van der Waals surface area contributed by atoms with Crippen molar-refractivity contribution in [3.8, 4) is 5.75 Å². The van der Waals surface area contributed by atoms with Crippen LogP contribution in [0.5, 0.6) is 5.75 Å². The summed E-state index contributed by atoms with van der Waals surface area (Å²) in [6.45, 7) is 5.84. The number of carbonyl (C=O) groups excluding carboxylic acids is 1. The summed E-state index contributed by atoms with van der Waals surface area (Å²) in [6.07, 6.45) is 1.63. The molecule has 0 aliphatic rings. The van der Waals surface area contributed by atoms with Crippen LogP contribution in [0.15, 0.2) is 24.5 Å². The topological polar surface area (TPSA) is 106 Å².